The minimum Gasteiger partial charge on any atom is -0.439 e. The number of nitrogen functional groups attached to an aromatic ring is 1. The molecule has 3 heterocycles. The molecule has 1 unspecified atom stereocenters. The summed E-state index contributed by atoms with van der Waals surface area (Å²) in [6.45, 7) is 2.28. The molecule has 8 heteroatoms. The predicted molar refractivity (Wildman–Crippen MR) is 129 cm³/mol. The summed E-state index contributed by atoms with van der Waals surface area (Å²) in [6, 6.07) is 11.7. The molecule has 0 saturated heterocycles. The van der Waals surface area contributed by atoms with Gasteiger partial charge >= 0.3 is 0 Å². The lowest BCUT2D eigenvalue weighted by Crippen LogP contribution is -2.27. The zero-order chi connectivity index (χ0) is 21.9. The minimum atomic E-state index is 0.439. The zero-order valence-electron chi connectivity index (χ0n) is 18.0. The second-order valence-electron chi connectivity index (χ2n) is 8.27. The Morgan fingerprint density at radius 3 is 2.75 bits per heavy atom. The molecule has 0 bridgehead atoms. The van der Waals surface area contributed by atoms with Gasteiger partial charge in [-0.2, -0.15) is 4.98 Å². The molecule has 0 radical (unpaired) electrons. The average molecular weight is 447 g/mol. The van der Waals surface area contributed by atoms with Gasteiger partial charge in [0.2, 0.25) is 5.88 Å². The van der Waals surface area contributed by atoms with E-state index in [1.54, 1.807) is 35.9 Å². The van der Waals surface area contributed by atoms with E-state index in [2.05, 4.69) is 27.2 Å². The van der Waals surface area contributed by atoms with Crippen molar-refractivity contribution >= 4 is 32.5 Å². The number of nitrogens with one attached hydrogen (secondary N) is 1. The average Bonchev–Trinajstić information content (AvgIpc) is 3.22. The number of nitrogens with two attached hydrogens (primary N) is 1. The van der Waals surface area contributed by atoms with Gasteiger partial charge in [0.1, 0.15) is 11.6 Å². The lowest BCUT2D eigenvalue weighted by Gasteiger charge is -2.28. The van der Waals surface area contributed by atoms with Gasteiger partial charge in [-0.05, 0) is 49.9 Å². The molecular weight excluding hydrogens is 420 g/mol. The van der Waals surface area contributed by atoms with Crippen molar-refractivity contribution in [3.8, 4) is 23.0 Å². The van der Waals surface area contributed by atoms with Gasteiger partial charge < -0.3 is 15.8 Å². The number of hydrogen-bond donors (Lipinski definition) is 2. The van der Waals surface area contributed by atoms with E-state index in [0.29, 0.717) is 29.3 Å². The van der Waals surface area contributed by atoms with Crippen LogP contribution in [0.5, 0.6) is 11.6 Å². The van der Waals surface area contributed by atoms with Crippen molar-refractivity contribution < 1.29 is 4.74 Å². The summed E-state index contributed by atoms with van der Waals surface area (Å²) in [6.07, 6.45) is 10.0. The fourth-order valence-corrected chi connectivity index (χ4v) is 5.16. The van der Waals surface area contributed by atoms with Crippen LogP contribution >= 0.6 is 11.3 Å². The molecule has 0 spiro atoms. The van der Waals surface area contributed by atoms with Crippen LogP contribution in [0.2, 0.25) is 0 Å². The highest BCUT2D eigenvalue weighted by atomic mass is 32.1. The number of rotatable bonds is 6. The van der Waals surface area contributed by atoms with Gasteiger partial charge in [0.05, 0.1) is 10.2 Å². The summed E-state index contributed by atoms with van der Waals surface area (Å²) < 4.78 is 7.10. The maximum Gasteiger partial charge on any atom is 0.222 e. The van der Waals surface area contributed by atoms with Crippen LogP contribution in [0.3, 0.4) is 0 Å². The number of aromatic nitrogens is 4. The van der Waals surface area contributed by atoms with Crippen molar-refractivity contribution in [2.24, 2.45) is 5.92 Å². The molecule has 164 valence electrons. The fourth-order valence-electron chi connectivity index (χ4n) is 4.17. The summed E-state index contributed by atoms with van der Waals surface area (Å²) in [5.41, 5.74) is 7.42. The van der Waals surface area contributed by atoms with E-state index in [-0.39, 0.29) is 0 Å². The molecule has 7 nitrogen and oxygen atoms in total. The van der Waals surface area contributed by atoms with Crippen LogP contribution in [-0.4, -0.2) is 26.0 Å². The van der Waals surface area contributed by atoms with Gasteiger partial charge in [0.15, 0.2) is 11.0 Å². The fraction of sp³-hybridized carbons (Fsp3) is 0.333. The van der Waals surface area contributed by atoms with Gasteiger partial charge in [-0.25, -0.2) is 15.0 Å². The van der Waals surface area contributed by atoms with E-state index in [1.165, 1.54) is 32.1 Å². The number of pyridine rings is 1. The number of hydrogen-bond acceptors (Lipinski definition) is 8. The third kappa shape index (κ3) is 4.65. The first kappa shape index (κ1) is 20.6. The smallest absolute Gasteiger partial charge is 0.222 e. The third-order valence-corrected chi connectivity index (χ3v) is 6.91. The molecule has 32 heavy (non-hydrogen) atoms. The van der Waals surface area contributed by atoms with Gasteiger partial charge in [-0.1, -0.05) is 30.6 Å². The van der Waals surface area contributed by atoms with E-state index in [4.69, 9.17) is 15.5 Å². The van der Waals surface area contributed by atoms with Gasteiger partial charge in [0, 0.05) is 36.1 Å². The molecule has 5 rings (SSSR count). The van der Waals surface area contributed by atoms with Gasteiger partial charge in [-0.3, -0.25) is 0 Å². The second-order valence-corrected chi connectivity index (χ2v) is 9.30. The Kier molecular flexibility index (Phi) is 5.85. The maximum absolute atomic E-state index is 6.02. The van der Waals surface area contributed by atoms with E-state index < -0.39 is 0 Å². The van der Waals surface area contributed by atoms with Crippen LogP contribution in [0, 0.1) is 5.92 Å². The number of nitrogens with zero attached hydrogens (tertiary/aromatic N) is 4. The van der Waals surface area contributed by atoms with E-state index >= 15 is 0 Å². The molecule has 3 N–H and O–H groups in total. The molecule has 3 aromatic heterocycles. The summed E-state index contributed by atoms with van der Waals surface area (Å²) in [4.78, 5) is 17.7. The van der Waals surface area contributed by atoms with Gasteiger partial charge in [0.25, 0.3) is 0 Å². The molecule has 1 aliphatic carbocycles. The van der Waals surface area contributed by atoms with Crippen LogP contribution in [0.4, 0.5) is 10.9 Å². The monoisotopic (exact) mass is 446 g/mol. The maximum atomic E-state index is 6.02. The van der Waals surface area contributed by atoms with Crippen LogP contribution in [0.15, 0.2) is 48.8 Å². The Labute approximate surface area is 191 Å². The number of thiazole rings is 1. The predicted octanol–water partition coefficient (Wildman–Crippen LogP) is 5.90. The summed E-state index contributed by atoms with van der Waals surface area (Å²) in [5.74, 6) is 2.92. The lowest BCUT2D eigenvalue weighted by molar-refractivity contribution is 0.328. The Morgan fingerprint density at radius 2 is 1.94 bits per heavy atom. The normalized spacial score (nSPS) is 15.5. The first-order chi connectivity index (χ1) is 15.6. The Morgan fingerprint density at radius 1 is 1.06 bits per heavy atom. The van der Waals surface area contributed by atoms with E-state index in [1.807, 2.05) is 24.3 Å². The van der Waals surface area contributed by atoms with Crippen molar-refractivity contribution in [3.05, 3.63) is 48.8 Å². The van der Waals surface area contributed by atoms with Crippen LogP contribution in [0.1, 0.15) is 39.0 Å². The molecule has 1 saturated carbocycles. The van der Waals surface area contributed by atoms with Crippen LogP contribution in [0.25, 0.3) is 21.6 Å². The zero-order valence-corrected chi connectivity index (χ0v) is 18.8. The summed E-state index contributed by atoms with van der Waals surface area (Å²) in [5, 5.41) is 4.60. The largest absolute Gasteiger partial charge is 0.439 e. The number of benzene rings is 1. The van der Waals surface area contributed by atoms with Crippen LogP contribution in [-0.2, 0) is 0 Å². The number of fused-ring (bicyclic) bond motifs is 1. The Bertz CT molecular complexity index is 1200. The molecule has 4 aromatic rings. The molecular formula is C24H26N6OS. The topological polar surface area (TPSA) is 98.8 Å². The van der Waals surface area contributed by atoms with Crippen molar-refractivity contribution in [2.45, 2.75) is 45.1 Å². The van der Waals surface area contributed by atoms with Crippen molar-refractivity contribution in [1.82, 2.24) is 19.9 Å². The standard InChI is InChI=1S/C24H26N6OS/c1-15(16-5-3-2-4-6-16)28-24-29-19-9-8-18(13-20(19)32-24)31-22-11-12-26-23(30-22)17-7-10-21(25)27-14-17/h7-16H,2-6H2,1H3,(H2,25,27)(H,28,29). The molecule has 1 atom stereocenters. The lowest BCUT2D eigenvalue weighted by atomic mass is 9.85. The Hall–Kier alpha value is -3.26. The van der Waals surface area contributed by atoms with Crippen molar-refractivity contribution in [3.63, 3.8) is 0 Å². The van der Waals surface area contributed by atoms with Crippen molar-refractivity contribution in [2.75, 3.05) is 11.1 Å². The highest BCUT2D eigenvalue weighted by molar-refractivity contribution is 7.22. The van der Waals surface area contributed by atoms with E-state index in [9.17, 15) is 0 Å². The number of anilines is 2. The quantitative estimate of drug-likeness (QED) is 0.380. The molecule has 1 aliphatic rings. The van der Waals surface area contributed by atoms with Crippen molar-refractivity contribution in [1.29, 1.82) is 0 Å². The molecule has 1 fully saturated rings. The number of ether oxygens (including phenoxy) is 1. The summed E-state index contributed by atoms with van der Waals surface area (Å²) in [7, 11) is 0. The second kappa shape index (κ2) is 9.08. The minimum absolute atomic E-state index is 0.439. The SMILES string of the molecule is CC(Nc1nc2ccc(Oc3ccnc(-c4ccc(N)nc4)n3)cc2s1)C1CCCCC1. The first-order valence-corrected chi connectivity index (χ1v) is 11.9. The molecule has 0 amide bonds. The molecule has 0 aliphatic heterocycles. The Balaban J connectivity index is 1.31. The third-order valence-electron chi connectivity index (χ3n) is 5.96. The van der Waals surface area contributed by atoms with Crippen LogP contribution < -0.4 is 15.8 Å². The summed E-state index contributed by atoms with van der Waals surface area (Å²) >= 11 is 1.66. The van der Waals surface area contributed by atoms with E-state index in [0.717, 1.165) is 26.8 Å². The first-order valence-electron chi connectivity index (χ1n) is 11.0. The highest BCUT2D eigenvalue weighted by Gasteiger charge is 2.21. The van der Waals surface area contributed by atoms with Gasteiger partial charge in [-0.15, -0.1) is 0 Å². The molecule has 1 aromatic carbocycles. The highest BCUT2D eigenvalue weighted by Crippen LogP contribution is 2.33.